The van der Waals surface area contributed by atoms with E-state index in [1.54, 1.807) is 0 Å². The van der Waals surface area contributed by atoms with Gasteiger partial charge in [0.1, 0.15) is 0 Å². The second kappa shape index (κ2) is 10.9. The molecule has 0 aromatic heterocycles. The molecule has 1 amide bonds. The second-order valence-corrected chi connectivity index (χ2v) is 9.91. The zero-order valence-electron chi connectivity index (χ0n) is 20.5. The average Bonchev–Trinajstić information content (AvgIpc) is 3.66. The smallest absolute Gasteiger partial charge is 0.257 e. The van der Waals surface area contributed by atoms with Crippen LogP contribution >= 0.6 is 0 Å². The van der Waals surface area contributed by atoms with Gasteiger partial charge in [0.15, 0.2) is 11.7 Å². The molecule has 1 heterocycles. The van der Waals surface area contributed by atoms with E-state index in [4.69, 9.17) is 0 Å². The summed E-state index contributed by atoms with van der Waals surface area (Å²) < 4.78 is 0. The monoisotopic (exact) mass is 460 g/mol. The number of nitrogens with zero attached hydrogens (tertiary/aromatic N) is 1. The largest absolute Gasteiger partial charge is 0.356 e. The van der Waals surface area contributed by atoms with E-state index in [1.165, 1.54) is 0 Å². The molecule has 0 spiro atoms. The van der Waals surface area contributed by atoms with Crippen LogP contribution in [-0.4, -0.2) is 30.7 Å². The summed E-state index contributed by atoms with van der Waals surface area (Å²) in [4.78, 5) is 29.9. The number of benzene rings is 2. The van der Waals surface area contributed by atoms with Crippen LogP contribution in [-0.2, 0) is 0 Å². The molecule has 2 aromatic carbocycles. The van der Waals surface area contributed by atoms with Gasteiger partial charge in [-0.05, 0) is 85.9 Å². The lowest BCUT2D eigenvalue weighted by Gasteiger charge is -2.17. The maximum absolute atomic E-state index is 12.8. The molecule has 34 heavy (non-hydrogen) atoms. The van der Waals surface area contributed by atoms with Crippen molar-refractivity contribution in [3.05, 3.63) is 58.7 Å². The van der Waals surface area contributed by atoms with Crippen LogP contribution < -0.4 is 16.0 Å². The molecule has 0 saturated heterocycles. The fourth-order valence-electron chi connectivity index (χ4n) is 4.31. The Bertz CT molecular complexity index is 1090. The van der Waals surface area contributed by atoms with Crippen LogP contribution in [0.25, 0.3) is 0 Å². The van der Waals surface area contributed by atoms with Gasteiger partial charge < -0.3 is 10.6 Å². The Morgan fingerprint density at radius 3 is 2.68 bits per heavy atom. The topological polar surface area (TPSA) is 82.6 Å². The molecule has 4 rings (SSSR count). The number of hydrogen-bond donors (Lipinski definition) is 3. The van der Waals surface area contributed by atoms with Crippen molar-refractivity contribution in [2.24, 2.45) is 10.9 Å². The van der Waals surface area contributed by atoms with E-state index < -0.39 is 0 Å². The van der Waals surface area contributed by atoms with Crippen molar-refractivity contribution in [3.8, 4) is 0 Å². The summed E-state index contributed by atoms with van der Waals surface area (Å²) in [6, 6.07) is 11.8. The van der Waals surface area contributed by atoms with E-state index in [-0.39, 0.29) is 11.7 Å². The second-order valence-electron chi connectivity index (χ2n) is 9.91. The predicted molar refractivity (Wildman–Crippen MR) is 138 cm³/mol. The van der Waals surface area contributed by atoms with Crippen LogP contribution in [0.15, 0.2) is 41.4 Å². The lowest BCUT2D eigenvalue weighted by molar-refractivity contribution is 0.0968. The molecule has 0 bridgehead atoms. The van der Waals surface area contributed by atoms with Gasteiger partial charge in [-0.3, -0.25) is 19.9 Å². The van der Waals surface area contributed by atoms with Gasteiger partial charge in [0.25, 0.3) is 5.91 Å². The first-order valence-electron chi connectivity index (χ1n) is 12.5. The summed E-state index contributed by atoms with van der Waals surface area (Å²) in [6.45, 7) is 7.93. The summed E-state index contributed by atoms with van der Waals surface area (Å²) in [7, 11) is 0. The molecule has 1 saturated carbocycles. The van der Waals surface area contributed by atoms with Crippen molar-refractivity contribution in [1.29, 1.82) is 0 Å². The van der Waals surface area contributed by atoms with Crippen LogP contribution in [0.2, 0.25) is 0 Å². The maximum Gasteiger partial charge on any atom is 0.257 e. The molecule has 6 nitrogen and oxygen atoms in total. The summed E-state index contributed by atoms with van der Waals surface area (Å²) in [6.07, 6.45) is 5.81. The minimum Gasteiger partial charge on any atom is -0.356 e. The first kappa shape index (κ1) is 24.0. The summed E-state index contributed by atoms with van der Waals surface area (Å²) in [5, 5.41) is 9.53. The number of ketones is 1. The average molecular weight is 461 g/mol. The lowest BCUT2D eigenvalue weighted by atomic mass is 9.97. The molecule has 6 heteroatoms. The quantitative estimate of drug-likeness (QED) is 0.419. The van der Waals surface area contributed by atoms with Crippen molar-refractivity contribution >= 4 is 29.0 Å². The zero-order valence-corrected chi connectivity index (χ0v) is 20.5. The molecular formula is C28H36N4O2. The van der Waals surface area contributed by atoms with Crippen LogP contribution in [0.3, 0.4) is 0 Å². The third-order valence-electron chi connectivity index (χ3n) is 6.46. The minimum atomic E-state index is -0.147. The van der Waals surface area contributed by atoms with Gasteiger partial charge in [0.05, 0.1) is 0 Å². The van der Waals surface area contributed by atoms with Gasteiger partial charge in [-0.15, -0.1) is 0 Å². The molecule has 0 radical (unpaired) electrons. The molecule has 1 fully saturated rings. The number of hydrogen-bond acceptors (Lipinski definition) is 5. The van der Waals surface area contributed by atoms with Crippen molar-refractivity contribution < 1.29 is 9.59 Å². The number of aliphatic imine (C=N–C) groups is 1. The van der Waals surface area contributed by atoms with Crippen molar-refractivity contribution in [3.63, 3.8) is 0 Å². The van der Waals surface area contributed by atoms with Crippen LogP contribution in [0.5, 0.6) is 0 Å². The number of aryl methyl sites for hydroxylation is 1. The van der Waals surface area contributed by atoms with E-state index in [1.807, 2.05) is 43.3 Å². The third kappa shape index (κ3) is 6.25. The van der Waals surface area contributed by atoms with Gasteiger partial charge in [-0.25, -0.2) is 0 Å². The van der Waals surface area contributed by atoms with Crippen LogP contribution in [0.4, 0.5) is 11.4 Å². The highest BCUT2D eigenvalue weighted by Crippen LogP contribution is 2.44. The molecule has 0 unspecified atom stereocenters. The standard InChI is InChI=1S/C28H36N4O2/c1-18(2)6-4-7-26(33)23-17-22(12-8-19(23)3)31-25-13-11-21(16-24(25)20-9-10-20)27(34)32-28-29-14-5-15-30-28/h8,11-13,16-18,20,31H,4-7,9-10,14-15H2,1-3H3,(H2,29,30,32,34). The molecule has 1 aliphatic carbocycles. The van der Waals surface area contributed by atoms with Crippen molar-refractivity contribution in [2.45, 2.75) is 65.2 Å². The number of anilines is 2. The van der Waals surface area contributed by atoms with E-state index in [9.17, 15) is 9.59 Å². The summed E-state index contributed by atoms with van der Waals surface area (Å²) >= 11 is 0. The lowest BCUT2D eigenvalue weighted by Crippen LogP contribution is -2.43. The Morgan fingerprint density at radius 1 is 1.15 bits per heavy atom. The van der Waals surface area contributed by atoms with Crippen LogP contribution in [0, 0.1) is 12.8 Å². The number of rotatable bonds is 9. The van der Waals surface area contributed by atoms with Crippen molar-refractivity contribution in [2.75, 3.05) is 18.4 Å². The molecular weight excluding hydrogens is 424 g/mol. The first-order chi connectivity index (χ1) is 16.4. The minimum absolute atomic E-state index is 0.147. The summed E-state index contributed by atoms with van der Waals surface area (Å²) in [5.41, 5.74) is 5.48. The highest BCUT2D eigenvalue weighted by molar-refractivity contribution is 6.06. The Labute approximate surface area is 202 Å². The number of carbonyl (C=O) groups excluding carboxylic acids is 2. The summed E-state index contributed by atoms with van der Waals surface area (Å²) in [5.74, 6) is 1.68. The molecule has 3 N–H and O–H groups in total. The SMILES string of the molecule is Cc1ccc(Nc2ccc(C(=O)NC3=NCCCN3)cc2C2CC2)cc1C(=O)CCCC(C)C. The number of guanidine groups is 1. The van der Waals surface area contributed by atoms with Crippen molar-refractivity contribution in [1.82, 2.24) is 10.6 Å². The number of nitrogens with one attached hydrogen (secondary N) is 3. The molecule has 1 aliphatic heterocycles. The van der Waals surface area contributed by atoms with E-state index in [2.05, 4.69) is 34.8 Å². The highest BCUT2D eigenvalue weighted by Gasteiger charge is 2.27. The van der Waals surface area contributed by atoms with E-state index >= 15 is 0 Å². The van der Waals surface area contributed by atoms with Gasteiger partial charge >= 0.3 is 0 Å². The maximum atomic E-state index is 12.8. The normalized spacial score (nSPS) is 15.5. The highest BCUT2D eigenvalue weighted by atomic mass is 16.2. The zero-order chi connectivity index (χ0) is 24.1. The fourth-order valence-corrected chi connectivity index (χ4v) is 4.31. The van der Waals surface area contributed by atoms with Gasteiger partial charge in [-0.1, -0.05) is 26.3 Å². The van der Waals surface area contributed by atoms with Gasteiger partial charge in [0, 0.05) is 42.0 Å². The Morgan fingerprint density at radius 2 is 1.97 bits per heavy atom. The molecule has 2 aromatic rings. The number of amides is 1. The fraction of sp³-hybridized carbons (Fsp3) is 0.464. The molecule has 0 atom stereocenters. The number of carbonyl (C=O) groups is 2. The van der Waals surface area contributed by atoms with E-state index in [0.717, 1.165) is 73.3 Å². The Kier molecular flexibility index (Phi) is 7.66. The van der Waals surface area contributed by atoms with Gasteiger partial charge in [-0.2, -0.15) is 0 Å². The number of Topliss-reactive ketones (excluding diaryl/α,β-unsaturated/α-hetero) is 1. The predicted octanol–water partition coefficient (Wildman–Crippen LogP) is 5.70. The Balaban J connectivity index is 1.49. The third-order valence-corrected chi connectivity index (χ3v) is 6.46. The molecule has 2 aliphatic rings. The van der Waals surface area contributed by atoms with Crippen LogP contribution in [0.1, 0.15) is 90.1 Å². The van der Waals surface area contributed by atoms with E-state index in [0.29, 0.717) is 29.8 Å². The molecule has 180 valence electrons. The van der Waals surface area contributed by atoms with Gasteiger partial charge in [0.2, 0.25) is 0 Å². The Hall–Kier alpha value is -3.15. The first-order valence-corrected chi connectivity index (χ1v) is 12.5.